The van der Waals surface area contributed by atoms with Gasteiger partial charge in [0.2, 0.25) is 0 Å². The van der Waals surface area contributed by atoms with Crippen molar-refractivity contribution in [1.82, 2.24) is 0 Å². The second-order valence-corrected chi connectivity index (χ2v) is 6.18. The van der Waals surface area contributed by atoms with Crippen molar-refractivity contribution in [1.29, 1.82) is 0 Å². The first kappa shape index (κ1) is 15.9. The molecule has 0 saturated carbocycles. The van der Waals surface area contributed by atoms with Crippen molar-refractivity contribution < 1.29 is 9.72 Å². The maximum Gasteiger partial charge on any atom is 0.273 e. The Labute approximate surface area is 142 Å². The molecule has 3 aromatic rings. The number of hydrogen-bond donors (Lipinski definition) is 1. The lowest BCUT2D eigenvalue weighted by Gasteiger charge is -2.10. The van der Waals surface area contributed by atoms with E-state index in [4.69, 9.17) is 0 Å². The third-order valence-corrected chi connectivity index (χ3v) is 4.53. The van der Waals surface area contributed by atoms with Crippen LogP contribution in [-0.4, -0.2) is 10.8 Å². The molecule has 2 aromatic carbocycles. The standard InChI is InChI=1S/C18H14N2O3S/c1-12-8-9-13(11-16(12)20(22)23)18(21)19-15-6-3-2-5-14(15)17-7-4-10-24-17/h2-11H,1H3,(H,19,21). The summed E-state index contributed by atoms with van der Waals surface area (Å²) in [6.45, 7) is 1.64. The van der Waals surface area contributed by atoms with E-state index in [0.29, 0.717) is 11.3 Å². The Morgan fingerprint density at radius 3 is 2.62 bits per heavy atom. The molecule has 5 nitrogen and oxygen atoms in total. The van der Waals surface area contributed by atoms with Gasteiger partial charge in [0.1, 0.15) is 0 Å². The van der Waals surface area contributed by atoms with Gasteiger partial charge in [-0.1, -0.05) is 30.3 Å². The Bertz CT molecular complexity index is 904. The zero-order valence-electron chi connectivity index (χ0n) is 12.9. The van der Waals surface area contributed by atoms with E-state index >= 15 is 0 Å². The summed E-state index contributed by atoms with van der Waals surface area (Å²) in [7, 11) is 0. The van der Waals surface area contributed by atoms with Crippen molar-refractivity contribution in [2.24, 2.45) is 0 Å². The van der Waals surface area contributed by atoms with Crippen molar-refractivity contribution in [2.75, 3.05) is 5.32 Å². The minimum atomic E-state index is -0.480. The fourth-order valence-electron chi connectivity index (χ4n) is 2.38. The van der Waals surface area contributed by atoms with E-state index in [1.54, 1.807) is 30.4 Å². The molecule has 0 fully saturated rings. The quantitative estimate of drug-likeness (QED) is 0.544. The van der Waals surface area contributed by atoms with Crippen LogP contribution in [0.1, 0.15) is 15.9 Å². The normalized spacial score (nSPS) is 10.4. The second kappa shape index (κ2) is 6.64. The Morgan fingerprint density at radius 2 is 1.92 bits per heavy atom. The Balaban J connectivity index is 1.91. The molecule has 0 spiro atoms. The van der Waals surface area contributed by atoms with Crippen LogP contribution in [0.15, 0.2) is 60.0 Å². The molecule has 24 heavy (non-hydrogen) atoms. The molecule has 0 unspecified atom stereocenters. The summed E-state index contributed by atoms with van der Waals surface area (Å²) >= 11 is 1.58. The second-order valence-electron chi connectivity index (χ2n) is 5.24. The molecule has 0 aliphatic rings. The summed E-state index contributed by atoms with van der Waals surface area (Å²) in [6.07, 6.45) is 0. The molecule has 1 amide bonds. The highest BCUT2D eigenvalue weighted by atomic mass is 32.1. The molecule has 0 aliphatic carbocycles. The van der Waals surface area contributed by atoms with E-state index in [2.05, 4.69) is 5.32 Å². The number of rotatable bonds is 4. The number of carbonyl (C=O) groups is 1. The first-order valence-electron chi connectivity index (χ1n) is 7.25. The molecule has 1 heterocycles. The summed E-state index contributed by atoms with van der Waals surface area (Å²) in [5.74, 6) is -0.373. The van der Waals surface area contributed by atoms with Crippen molar-refractivity contribution >= 4 is 28.6 Å². The summed E-state index contributed by atoms with van der Waals surface area (Å²) in [4.78, 5) is 24.1. The zero-order chi connectivity index (χ0) is 17.1. The Kier molecular flexibility index (Phi) is 4.39. The number of nitro benzene ring substituents is 1. The number of nitrogens with zero attached hydrogens (tertiary/aromatic N) is 1. The fraction of sp³-hybridized carbons (Fsp3) is 0.0556. The van der Waals surface area contributed by atoms with E-state index in [1.807, 2.05) is 41.8 Å². The molecule has 6 heteroatoms. The number of anilines is 1. The molecular formula is C18H14N2O3S. The van der Waals surface area contributed by atoms with Crippen molar-refractivity contribution in [2.45, 2.75) is 6.92 Å². The average Bonchev–Trinajstić information content (AvgIpc) is 3.09. The minimum absolute atomic E-state index is 0.0609. The van der Waals surface area contributed by atoms with Crippen molar-refractivity contribution in [3.8, 4) is 10.4 Å². The van der Waals surface area contributed by atoms with Gasteiger partial charge in [0.05, 0.1) is 4.92 Å². The maximum absolute atomic E-state index is 12.5. The summed E-state index contributed by atoms with van der Waals surface area (Å²) in [5, 5.41) is 15.9. The van der Waals surface area contributed by atoms with Crippen LogP contribution in [0.5, 0.6) is 0 Å². The lowest BCUT2D eigenvalue weighted by atomic mass is 10.1. The molecule has 3 rings (SSSR count). The highest BCUT2D eigenvalue weighted by molar-refractivity contribution is 7.13. The van der Waals surface area contributed by atoms with Gasteiger partial charge in [-0.2, -0.15) is 0 Å². The van der Waals surface area contributed by atoms with Crippen LogP contribution in [0.25, 0.3) is 10.4 Å². The van der Waals surface area contributed by atoms with Crippen LogP contribution < -0.4 is 5.32 Å². The molecule has 120 valence electrons. The highest BCUT2D eigenvalue weighted by Crippen LogP contribution is 2.31. The van der Waals surface area contributed by atoms with Gasteiger partial charge in [0, 0.05) is 33.3 Å². The van der Waals surface area contributed by atoms with Crippen molar-refractivity contribution in [3.05, 3.63) is 81.2 Å². The highest BCUT2D eigenvalue weighted by Gasteiger charge is 2.16. The predicted molar refractivity (Wildman–Crippen MR) is 95.5 cm³/mol. The molecule has 1 aromatic heterocycles. The van der Waals surface area contributed by atoms with E-state index in [-0.39, 0.29) is 17.2 Å². The van der Waals surface area contributed by atoms with Crippen LogP contribution in [0.2, 0.25) is 0 Å². The number of aryl methyl sites for hydroxylation is 1. The average molecular weight is 338 g/mol. The van der Waals surface area contributed by atoms with Crippen LogP contribution in [0.4, 0.5) is 11.4 Å². The number of para-hydroxylation sites is 1. The SMILES string of the molecule is Cc1ccc(C(=O)Nc2ccccc2-c2cccs2)cc1[N+](=O)[O-]. The first-order valence-corrected chi connectivity index (χ1v) is 8.13. The van der Waals surface area contributed by atoms with Crippen LogP contribution in [0.3, 0.4) is 0 Å². The number of hydrogen-bond acceptors (Lipinski definition) is 4. The van der Waals surface area contributed by atoms with E-state index in [9.17, 15) is 14.9 Å². The molecule has 0 atom stereocenters. The number of benzene rings is 2. The van der Waals surface area contributed by atoms with Crippen molar-refractivity contribution in [3.63, 3.8) is 0 Å². The van der Waals surface area contributed by atoms with Crippen LogP contribution in [-0.2, 0) is 0 Å². The molecule has 0 saturated heterocycles. The first-order chi connectivity index (χ1) is 11.6. The Hall–Kier alpha value is -2.99. The third-order valence-electron chi connectivity index (χ3n) is 3.63. The smallest absolute Gasteiger partial charge is 0.273 e. The van der Waals surface area contributed by atoms with Gasteiger partial charge in [-0.15, -0.1) is 11.3 Å². The summed E-state index contributed by atoms with van der Waals surface area (Å²) in [5.41, 5.74) is 2.31. The van der Waals surface area contributed by atoms with E-state index < -0.39 is 4.92 Å². The largest absolute Gasteiger partial charge is 0.321 e. The van der Waals surface area contributed by atoms with Crippen LogP contribution >= 0.6 is 11.3 Å². The number of amides is 1. The number of carbonyl (C=O) groups excluding carboxylic acids is 1. The topological polar surface area (TPSA) is 72.2 Å². The van der Waals surface area contributed by atoms with Gasteiger partial charge in [-0.25, -0.2) is 0 Å². The summed E-state index contributed by atoms with van der Waals surface area (Å²) in [6, 6.07) is 15.9. The number of nitrogens with one attached hydrogen (secondary N) is 1. The maximum atomic E-state index is 12.5. The minimum Gasteiger partial charge on any atom is -0.321 e. The lowest BCUT2D eigenvalue weighted by molar-refractivity contribution is -0.385. The van der Waals surface area contributed by atoms with E-state index in [0.717, 1.165) is 10.4 Å². The summed E-state index contributed by atoms with van der Waals surface area (Å²) < 4.78 is 0. The van der Waals surface area contributed by atoms with Gasteiger partial charge in [0.15, 0.2) is 0 Å². The number of thiophene rings is 1. The Morgan fingerprint density at radius 1 is 1.12 bits per heavy atom. The molecular weight excluding hydrogens is 324 g/mol. The molecule has 0 aliphatic heterocycles. The lowest BCUT2D eigenvalue weighted by Crippen LogP contribution is -2.13. The van der Waals surface area contributed by atoms with Gasteiger partial charge >= 0.3 is 0 Å². The molecule has 0 bridgehead atoms. The predicted octanol–water partition coefficient (Wildman–Crippen LogP) is 4.88. The monoisotopic (exact) mass is 338 g/mol. The van der Waals surface area contributed by atoms with Crippen LogP contribution in [0, 0.1) is 17.0 Å². The van der Waals surface area contributed by atoms with Gasteiger partial charge in [0.25, 0.3) is 11.6 Å². The van der Waals surface area contributed by atoms with E-state index in [1.165, 1.54) is 6.07 Å². The molecule has 0 radical (unpaired) electrons. The van der Waals surface area contributed by atoms with Gasteiger partial charge in [-0.3, -0.25) is 14.9 Å². The van der Waals surface area contributed by atoms with Gasteiger partial charge < -0.3 is 5.32 Å². The van der Waals surface area contributed by atoms with Gasteiger partial charge in [-0.05, 0) is 30.5 Å². The number of nitro groups is 1. The third kappa shape index (κ3) is 3.18. The fourth-order valence-corrected chi connectivity index (χ4v) is 3.15. The zero-order valence-corrected chi connectivity index (χ0v) is 13.7. The molecule has 1 N–H and O–H groups in total.